The van der Waals surface area contributed by atoms with Crippen molar-refractivity contribution in [3.63, 3.8) is 0 Å². The van der Waals surface area contributed by atoms with Crippen LogP contribution in [0.5, 0.6) is 0 Å². The fourth-order valence-electron chi connectivity index (χ4n) is 1.93. The molecule has 0 bridgehead atoms. The molecular weight excluding hydrogens is 254 g/mol. The van der Waals surface area contributed by atoms with E-state index in [-0.39, 0.29) is 29.4 Å². The Kier molecular flexibility index (Phi) is 5.25. The third kappa shape index (κ3) is 3.55. The first-order valence-electron chi connectivity index (χ1n) is 7.35. The van der Waals surface area contributed by atoms with Crippen LogP contribution in [0.15, 0.2) is 0 Å². The largest absolute Gasteiger partial charge is 0.330 e. The summed E-state index contributed by atoms with van der Waals surface area (Å²) in [4.78, 5) is 16.0. The standard InChI is InChI=1S/C14H27N5O/c1-8-10(3)18(11(4)9-2)13(20)12-15-17-19(16-12)14(5,6)7/h10-11H,8-9H2,1-7H3. The van der Waals surface area contributed by atoms with E-state index in [1.54, 1.807) is 0 Å². The SMILES string of the molecule is CCC(C)N(C(=O)c1nnn(C(C)(C)C)n1)C(C)CC. The van der Waals surface area contributed by atoms with Gasteiger partial charge in [0.1, 0.15) is 0 Å². The first-order valence-corrected chi connectivity index (χ1v) is 7.35. The Labute approximate surface area is 121 Å². The molecule has 6 heteroatoms. The highest BCUT2D eigenvalue weighted by Gasteiger charge is 2.29. The van der Waals surface area contributed by atoms with Crippen LogP contribution in [-0.2, 0) is 5.54 Å². The van der Waals surface area contributed by atoms with Gasteiger partial charge in [-0.15, -0.1) is 10.2 Å². The molecule has 0 N–H and O–H groups in total. The molecule has 0 radical (unpaired) electrons. The van der Waals surface area contributed by atoms with Crippen molar-refractivity contribution in [3.05, 3.63) is 5.82 Å². The van der Waals surface area contributed by atoms with Crippen LogP contribution in [0.25, 0.3) is 0 Å². The van der Waals surface area contributed by atoms with Crippen LogP contribution >= 0.6 is 0 Å². The van der Waals surface area contributed by atoms with Crippen molar-refractivity contribution in [2.45, 2.75) is 78.9 Å². The van der Waals surface area contributed by atoms with Gasteiger partial charge in [-0.3, -0.25) is 4.79 Å². The summed E-state index contributed by atoms with van der Waals surface area (Å²) in [7, 11) is 0. The lowest BCUT2D eigenvalue weighted by Gasteiger charge is -2.32. The highest BCUT2D eigenvalue weighted by molar-refractivity contribution is 5.90. The topological polar surface area (TPSA) is 63.9 Å². The molecule has 6 nitrogen and oxygen atoms in total. The second-order valence-electron chi connectivity index (χ2n) is 6.30. The number of carbonyl (C=O) groups excluding carboxylic acids is 1. The second kappa shape index (κ2) is 6.33. The van der Waals surface area contributed by atoms with Crippen molar-refractivity contribution in [1.29, 1.82) is 0 Å². The van der Waals surface area contributed by atoms with Gasteiger partial charge < -0.3 is 4.90 Å². The number of rotatable bonds is 5. The first kappa shape index (κ1) is 16.6. The second-order valence-corrected chi connectivity index (χ2v) is 6.30. The lowest BCUT2D eigenvalue weighted by molar-refractivity contribution is 0.0584. The third-order valence-corrected chi connectivity index (χ3v) is 3.57. The summed E-state index contributed by atoms with van der Waals surface area (Å²) in [5.41, 5.74) is -0.275. The molecule has 1 heterocycles. The molecule has 1 rings (SSSR count). The summed E-state index contributed by atoms with van der Waals surface area (Å²) in [6.45, 7) is 14.2. The van der Waals surface area contributed by atoms with Gasteiger partial charge in [-0.2, -0.15) is 4.80 Å². The molecule has 0 saturated carbocycles. The molecule has 0 fully saturated rings. The van der Waals surface area contributed by atoms with E-state index in [0.29, 0.717) is 0 Å². The summed E-state index contributed by atoms with van der Waals surface area (Å²) >= 11 is 0. The monoisotopic (exact) mass is 281 g/mol. The predicted octanol–water partition coefficient (Wildman–Crippen LogP) is 2.47. The Bertz CT molecular complexity index is 439. The summed E-state index contributed by atoms with van der Waals surface area (Å²) in [6, 6.07) is 0.332. The van der Waals surface area contributed by atoms with Gasteiger partial charge in [-0.1, -0.05) is 13.8 Å². The van der Waals surface area contributed by atoms with Crippen molar-refractivity contribution in [1.82, 2.24) is 25.1 Å². The Balaban J connectivity index is 3.04. The maximum Gasteiger partial charge on any atom is 0.295 e. The van der Waals surface area contributed by atoms with Gasteiger partial charge in [-0.25, -0.2) is 0 Å². The van der Waals surface area contributed by atoms with Gasteiger partial charge in [-0.05, 0) is 52.7 Å². The van der Waals surface area contributed by atoms with E-state index in [9.17, 15) is 4.79 Å². The van der Waals surface area contributed by atoms with Crippen molar-refractivity contribution in [2.75, 3.05) is 0 Å². The Morgan fingerprint density at radius 2 is 1.70 bits per heavy atom. The fourth-order valence-corrected chi connectivity index (χ4v) is 1.93. The van der Waals surface area contributed by atoms with Crippen LogP contribution in [0.4, 0.5) is 0 Å². The minimum Gasteiger partial charge on any atom is -0.330 e. The minimum absolute atomic E-state index is 0.135. The Hall–Kier alpha value is -1.46. The van der Waals surface area contributed by atoms with E-state index in [1.165, 1.54) is 4.80 Å². The summed E-state index contributed by atoms with van der Waals surface area (Å²) in [5.74, 6) is 0.0460. The number of tetrazole rings is 1. The summed E-state index contributed by atoms with van der Waals surface area (Å²) < 4.78 is 0. The molecule has 0 aliphatic heterocycles. The normalized spacial score (nSPS) is 14.9. The predicted molar refractivity (Wildman–Crippen MR) is 78.5 cm³/mol. The first-order chi connectivity index (χ1) is 9.22. The highest BCUT2D eigenvalue weighted by Crippen LogP contribution is 2.15. The summed E-state index contributed by atoms with van der Waals surface area (Å²) in [5, 5.41) is 12.2. The molecule has 1 aromatic rings. The van der Waals surface area contributed by atoms with E-state index >= 15 is 0 Å². The molecule has 0 aliphatic rings. The van der Waals surface area contributed by atoms with Crippen molar-refractivity contribution in [3.8, 4) is 0 Å². The maximum absolute atomic E-state index is 12.6. The zero-order valence-electron chi connectivity index (χ0n) is 13.7. The Morgan fingerprint density at radius 3 is 2.05 bits per heavy atom. The molecule has 114 valence electrons. The zero-order chi connectivity index (χ0) is 15.5. The van der Waals surface area contributed by atoms with Crippen LogP contribution in [-0.4, -0.2) is 43.1 Å². The van der Waals surface area contributed by atoms with Crippen LogP contribution in [0.3, 0.4) is 0 Å². The number of hydrogen-bond acceptors (Lipinski definition) is 4. The lowest BCUT2D eigenvalue weighted by Crippen LogP contribution is -2.44. The zero-order valence-corrected chi connectivity index (χ0v) is 13.7. The van der Waals surface area contributed by atoms with Crippen LogP contribution < -0.4 is 0 Å². The molecule has 1 amide bonds. The number of aromatic nitrogens is 4. The smallest absolute Gasteiger partial charge is 0.295 e. The molecular formula is C14H27N5O. The molecule has 0 aliphatic carbocycles. The van der Waals surface area contributed by atoms with Gasteiger partial charge in [0, 0.05) is 12.1 Å². The molecule has 2 atom stereocenters. The number of nitrogens with zero attached hydrogens (tertiary/aromatic N) is 5. The molecule has 20 heavy (non-hydrogen) atoms. The van der Waals surface area contributed by atoms with Gasteiger partial charge in [0.05, 0.1) is 5.54 Å². The fraction of sp³-hybridized carbons (Fsp3) is 0.857. The molecule has 1 aromatic heterocycles. The van der Waals surface area contributed by atoms with Crippen molar-refractivity contribution >= 4 is 5.91 Å². The van der Waals surface area contributed by atoms with E-state index in [0.717, 1.165) is 12.8 Å². The maximum atomic E-state index is 12.6. The Morgan fingerprint density at radius 1 is 1.20 bits per heavy atom. The highest BCUT2D eigenvalue weighted by atomic mass is 16.2. The molecule has 0 aromatic carbocycles. The van der Waals surface area contributed by atoms with Crippen molar-refractivity contribution < 1.29 is 4.79 Å². The van der Waals surface area contributed by atoms with Crippen LogP contribution in [0.1, 0.15) is 71.9 Å². The quantitative estimate of drug-likeness (QED) is 0.831. The van der Waals surface area contributed by atoms with E-state index < -0.39 is 0 Å². The molecule has 0 saturated heterocycles. The van der Waals surface area contributed by atoms with E-state index in [4.69, 9.17) is 0 Å². The average Bonchev–Trinajstić information content (AvgIpc) is 2.87. The van der Waals surface area contributed by atoms with Crippen LogP contribution in [0, 0.1) is 0 Å². The van der Waals surface area contributed by atoms with Gasteiger partial charge in [0.2, 0.25) is 0 Å². The number of hydrogen-bond donors (Lipinski definition) is 0. The van der Waals surface area contributed by atoms with E-state index in [1.807, 2.05) is 25.7 Å². The summed E-state index contributed by atoms with van der Waals surface area (Å²) in [6.07, 6.45) is 1.81. The van der Waals surface area contributed by atoms with Gasteiger partial charge >= 0.3 is 0 Å². The van der Waals surface area contributed by atoms with Gasteiger partial charge in [0.15, 0.2) is 0 Å². The molecule has 0 spiro atoms. The minimum atomic E-state index is -0.275. The molecule has 2 unspecified atom stereocenters. The number of carbonyl (C=O) groups is 1. The van der Waals surface area contributed by atoms with Crippen LogP contribution in [0.2, 0.25) is 0 Å². The lowest BCUT2D eigenvalue weighted by atomic mass is 10.1. The van der Waals surface area contributed by atoms with E-state index in [2.05, 4.69) is 43.1 Å². The van der Waals surface area contributed by atoms with Crippen molar-refractivity contribution in [2.24, 2.45) is 0 Å². The number of amides is 1. The third-order valence-electron chi connectivity index (χ3n) is 3.57. The average molecular weight is 281 g/mol. The van der Waals surface area contributed by atoms with Gasteiger partial charge in [0.25, 0.3) is 11.7 Å².